The van der Waals surface area contributed by atoms with Crippen LogP contribution in [0.5, 0.6) is 0 Å². The Hall–Kier alpha value is -2.26. The molecule has 1 N–H and O–H groups in total. The standard InChI is InChI=1S/C15H16FN5/c16-13-5-4-11(8-17)12(7-13)9-21-6-2-1-3-14(21)15-18-10-19-20-15/h4-5,7,10,14H,1-3,6,9H2,(H,18,19,20)/t14-/m0/s1. The number of likely N-dealkylation sites (tertiary alicyclic amines) is 1. The highest BCUT2D eigenvalue weighted by molar-refractivity contribution is 5.37. The van der Waals surface area contributed by atoms with E-state index in [1.807, 2.05) is 0 Å². The molecule has 0 amide bonds. The first-order valence-corrected chi connectivity index (χ1v) is 7.06. The molecule has 108 valence electrons. The van der Waals surface area contributed by atoms with Gasteiger partial charge in [0, 0.05) is 6.54 Å². The summed E-state index contributed by atoms with van der Waals surface area (Å²) in [6.07, 6.45) is 4.73. The van der Waals surface area contributed by atoms with Gasteiger partial charge in [0.15, 0.2) is 0 Å². The number of hydrogen-bond donors (Lipinski definition) is 1. The number of halogens is 1. The summed E-state index contributed by atoms with van der Waals surface area (Å²) < 4.78 is 13.5. The van der Waals surface area contributed by atoms with E-state index in [0.717, 1.165) is 37.2 Å². The fourth-order valence-corrected chi connectivity index (χ4v) is 2.89. The lowest BCUT2D eigenvalue weighted by atomic mass is 9.99. The average Bonchev–Trinajstić information content (AvgIpc) is 3.02. The van der Waals surface area contributed by atoms with Gasteiger partial charge < -0.3 is 0 Å². The van der Waals surface area contributed by atoms with Gasteiger partial charge in [-0.15, -0.1) is 0 Å². The zero-order valence-corrected chi connectivity index (χ0v) is 11.6. The van der Waals surface area contributed by atoms with E-state index in [4.69, 9.17) is 5.26 Å². The molecule has 1 aliphatic rings. The topological polar surface area (TPSA) is 68.6 Å². The lowest BCUT2D eigenvalue weighted by Gasteiger charge is -2.34. The first kappa shape index (κ1) is 13.7. The molecule has 1 aromatic carbocycles. The van der Waals surface area contributed by atoms with Gasteiger partial charge in [0.05, 0.1) is 17.7 Å². The van der Waals surface area contributed by atoms with Gasteiger partial charge in [-0.1, -0.05) is 6.42 Å². The van der Waals surface area contributed by atoms with Crippen molar-refractivity contribution in [1.29, 1.82) is 5.26 Å². The third kappa shape index (κ3) is 2.93. The van der Waals surface area contributed by atoms with Gasteiger partial charge in [0.2, 0.25) is 0 Å². The number of rotatable bonds is 3. The maximum absolute atomic E-state index is 13.5. The van der Waals surface area contributed by atoms with Gasteiger partial charge >= 0.3 is 0 Å². The Balaban J connectivity index is 1.85. The Morgan fingerprint density at radius 2 is 2.33 bits per heavy atom. The Bertz CT molecular complexity index is 647. The van der Waals surface area contributed by atoms with E-state index < -0.39 is 0 Å². The second kappa shape index (κ2) is 6.02. The van der Waals surface area contributed by atoms with Crippen molar-refractivity contribution >= 4 is 0 Å². The van der Waals surface area contributed by atoms with Crippen LogP contribution in [0, 0.1) is 17.1 Å². The van der Waals surface area contributed by atoms with Gasteiger partial charge in [-0.25, -0.2) is 9.37 Å². The quantitative estimate of drug-likeness (QED) is 0.941. The van der Waals surface area contributed by atoms with Gasteiger partial charge in [0.25, 0.3) is 0 Å². The molecule has 0 bridgehead atoms. The van der Waals surface area contributed by atoms with Crippen LogP contribution in [0.1, 0.15) is 42.3 Å². The fraction of sp³-hybridized carbons (Fsp3) is 0.400. The minimum absolute atomic E-state index is 0.149. The highest BCUT2D eigenvalue weighted by Crippen LogP contribution is 2.30. The van der Waals surface area contributed by atoms with Crippen molar-refractivity contribution < 1.29 is 4.39 Å². The second-order valence-corrected chi connectivity index (χ2v) is 5.27. The first-order valence-electron chi connectivity index (χ1n) is 7.06. The van der Waals surface area contributed by atoms with Crippen LogP contribution in [0.25, 0.3) is 0 Å². The van der Waals surface area contributed by atoms with Crippen LogP contribution in [-0.2, 0) is 6.54 Å². The molecule has 5 nitrogen and oxygen atoms in total. The number of piperidine rings is 1. The predicted octanol–water partition coefficient (Wildman–Crippen LogP) is 2.54. The summed E-state index contributed by atoms with van der Waals surface area (Å²) in [5.41, 5.74) is 1.25. The molecule has 21 heavy (non-hydrogen) atoms. The van der Waals surface area contributed by atoms with Crippen LogP contribution in [0.2, 0.25) is 0 Å². The Kier molecular flexibility index (Phi) is 3.93. The molecule has 2 aromatic rings. The van der Waals surface area contributed by atoms with Crippen molar-refractivity contribution in [3.8, 4) is 6.07 Å². The van der Waals surface area contributed by atoms with Crippen molar-refractivity contribution in [2.24, 2.45) is 0 Å². The number of nitrogens with one attached hydrogen (secondary N) is 1. The van der Waals surface area contributed by atoms with E-state index in [0.29, 0.717) is 12.1 Å². The molecule has 1 aromatic heterocycles. The molecule has 0 unspecified atom stereocenters. The van der Waals surface area contributed by atoms with E-state index in [1.54, 1.807) is 0 Å². The number of nitriles is 1. The molecule has 1 aliphatic heterocycles. The highest BCUT2D eigenvalue weighted by atomic mass is 19.1. The van der Waals surface area contributed by atoms with Crippen LogP contribution in [0.4, 0.5) is 4.39 Å². The SMILES string of the molecule is N#Cc1ccc(F)cc1CN1CCCC[C@H]1c1ncn[nH]1. The summed E-state index contributed by atoms with van der Waals surface area (Å²) in [4.78, 5) is 6.48. The monoisotopic (exact) mass is 285 g/mol. The summed E-state index contributed by atoms with van der Waals surface area (Å²) in [5.74, 6) is 0.529. The fourth-order valence-electron chi connectivity index (χ4n) is 2.89. The summed E-state index contributed by atoms with van der Waals surface area (Å²) in [7, 11) is 0. The lowest BCUT2D eigenvalue weighted by Crippen LogP contribution is -2.33. The second-order valence-electron chi connectivity index (χ2n) is 5.27. The molecule has 3 rings (SSSR count). The van der Waals surface area contributed by atoms with Crippen LogP contribution in [-0.4, -0.2) is 26.6 Å². The van der Waals surface area contributed by atoms with E-state index in [9.17, 15) is 4.39 Å². The third-order valence-electron chi connectivity index (χ3n) is 3.92. The summed E-state index contributed by atoms with van der Waals surface area (Å²) in [6.45, 7) is 1.46. The van der Waals surface area contributed by atoms with Crippen LogP contribution >= 0.6 is 0 Å². The molecule has 1 fully saturated rings. The Morgan fingerprint density at radius 3 is 3.10 bits per heavy atom. The molecule has 1 atom stereocenters. The number of benzene rings is 1. The van der Waals surface area contributed by atoms with Gasteiger partial charge in [-0.05, 0) is 43.1 Å². The smallest absolute Gasteiger partial charge is 0.141 e. The molecule has 0 aliphatic carbocycles. The maximum Gasteiger partial charge on any atom is 0.141 e. The molecule has 0 radical (unpaired) electrons. The van der Waals surface area contributed by atoms with Crippen molar-refractivity contribution in [1.82, 2.24) is 20.1 Å². The van der Waals surface area contributed by atoms with Crippen LogP contribution in [0.3, 0.4) is 0 Å². The van der Waals surface area contributed by atoms with Crippen molar-refractivity contribution in [3.05, 3.63) is 47.3 Å². The number of nitrogens with zero attached hydrogens (tertiary/aromatic N) is 4. The molecular formula is C15H16FN5. The summed E-state index contributed by atoms with van der Waals surface area (Å²) in [5, 5.41) is 16.0. The normalized spacial score (nSPS) is 19.3. The Morgan fingerprint density at radius 1 is 1.43 bits per heavy atom. The number of hydrogen-bond acceptors (Lipinski definition) is 4. The lowest BCUT2D eigenvalue weighted by molar-refractivity contribution is 0.134. The van der Waals surface area contributed by atoms with Crippen molar-refractivity contribution in [2.75, 3.05) is 6.54 Å². The average molecular weight is 285 g/mol. The predicted molar refractivity (Wildman–Crippen MR) is 74.5 cm³/mol. The molecular weight excluding hydrogens is 269 g/mol. The largest absolute Gasteiger partial charge is 0.289 e. The number of aromatic amines is 1. The maximum atomic E-state index is 13.5. The first-order chi connectivity index (χ1) is 10.3. The molecule has 6 heteroatoms. The van der Waals surface area contributed by atoms with Crippen molar-refractivity contribution in [3.63, 3.8) is 0 Å². The molecule has 0 saturated carbocycles. The van der Waals surface area contributed by atoms with Gasteiger partial charge in [-0.2, -0.15) is 10.4 Å². The van der Waals surface area contributed by atoms with Crippen molar-refractivity contribution in [2.45, 2.75) is 31.8 Å². The van der Waals surface area contributed by atoms with Crippen LogP contribution in [0.15, 0.2) is 24.5 Å². The molecule has 0 spiro atoms. The van der Waals surface area contributed by atoms with E-state index >= 15 is 0 Å². The van der Waals surface area contributed by atoms with E-state index in [-0.39, 0.29) is 11.9 Å². The third-order valence-corrected chi connectivity index (χ3v) is 3.92. The summed E-state index contributed by atoms with van der Waals surface area (Å²) in [6, 6.07) is 6.60. The van der Waals surface area contributed by atoms with Crippen LogP contribution < -0.4 is 0 Å². The van der Waals surface area contributed by atoms with E-state index in [1.165, 1.54) is 24.5 Å². The minimum atomic E-state index is -0.308. The Labute approximate surface area is 122 Å². The zero-order chi connectivity index (χ0) is 14.7. The minimum Gasteiger partial charge on any atom is -0.289 e. The number of aromatic nitrogens is 3. The van der Waals surface area contributed by atoms with E-state index in [2.05, 4.69) is 26.2 Å². The number of H-pyrrole nitrogens is 1. The highest BCUT2D eigenvalue weighted by Gasteiger charge is 2.26. The van der Waals surface area contributed by atoms with Gasteiger partial charge in [0.1, 0.15) is 18.0 Å². The molecule has 1 saturated heterocycles. The summed E-state index contributed by atoms with van der Waals surface area (Å²) >= 11 is 0. The van der Waals surface area contributed by atoms with Gasteiger partial charge in [-0.3, -0.25) is 10.00 Å². The molecule has 2 heterocycles. The zero-order valence-electron chi connectivity index (χ0n) is 11.6.